The van der Waals surface area contributed by atoms with Gasteiger partial charge in [0.25, 0.3) is 5.56 Å². The van der Waals surface area contributed by atoms with Gasteiger partial charge in [-0.15, -0.1) is 0 Å². The molecule has 4 heteroatoms. The van der Waals surface area contributed by atoms with Crippen LogP contribution >= 0.6 is 11.8 Å². The van der Waals surface area contributed by atoms with Crippen molar-refractivity contribution in [2.45, 2.75) is 31.8 Å². The summed E-state index contributed by atoms with van der Waals surface area (Å²) in [6, 6.07) is 8.39. The number of nitrogens with one attached hydrogen (secondary N) is 1. The lowest BCUT2D eigenvalue weighted by molar-refractivity contribution is 0.868. The average molecular weight is 274 g/mol. The molecule has 0 bridgehead atoms. The Kier molecular flexibility index (Phi) is 4.43. The van der Waals surface area contributed by atoms with E-state index in [-0.39, 0.29) is 5.56 Å². The van der Waals surface area contributed by atoms with Gasteiger partial charge in [-0.3, -0.25) is 4.79 Å². The van der Waals surface area contributed by atoms with E-state index in [1.54, 1.807) is 0 Å². The standard InChI is InChI=1S/C15H18N2OS/c1-4-11-5-7-12(8-6-11)9-13-10(2)16-15(19-3)17-14(13)18/h5-8H,4,9H2,1-3H3,(H,16,17,18). The molecule has 0 saturated heterocycles. The zero-order valence-corrected chi connectivity index (χ0v) is 12.3. The summed E-state index contributed by atoms with van der Waals surface area (Å²) in [6.45, 7) is 4.03. The third-order valence-electron chi connectivity index (χ3n) is 3.21. The topological polar surface area (TPSA) is 45.8 Å². The molecule has 0 saturated carbocycles. The number of thioether (sulfide) groups is 1. The fourth-order valence-corrected chi connectivity index (χ4v) is 2.41. The smallest absolute Gasteiger partial charge is 0.255 e. The highest BCUT2D eigenvalue weighted by Crippen LogP contribution is 2.13. The highest BCUT2D eigenvalue weighted by atomic mass is 32.2. The van der Waals surface area contributed by atoms with Crippen molar-refractivity contribution < 1.29 is 0 Å². The lowest BCUT2D eigenvalue weighted by atomic mass is 10.0. The van der Waals surface area contributed by atoms with Crippen molar-refractivity contribution in [2.24, 2.45) is 0 Å². The number of benzene rings is 1. The third kappa shape index (κ3) is 3.26. The minimum absolute atomic E-state index is 0.0311. The molecular formula is C15H18N2OS. The normalized spacial score (nSPS) is 10.7. The van der Waals surface area contributed by atoms with Crippen molar-refractivity contribution in [1.29, 1.82) is 0 Å². The minimum Gasteiger partial charge on any atom is -0.301 e. The molecule has 1 heterocycles. The monoisotopic (exact) mass is 274 g/mol. The van der Waals surface area contributed by atoms with Crippen LogP contribution in [0.5, 0.6) is 0 Å². The second kappa shape index (κ2) is 6.06. The molecule has 2 aromatic rings. The summed E-state index contributed by atoms with van der Waals surface area (Å²) in [5, 5.41) is 0.674. The lowest BCUT2D eigenvalue weighted by Crippen LogP contribution is -2.17. The molecule has 1 aromatic carbocycles. The highest BCUT2D eigenvalue weighted by molar-refractivity contribution is 7.98. The number of nitrogens with zero attached hydrogens (tertiary/aromatic N) is 1. The van der Waals surface area contributed by atoms with E-state index in [1.165, 1.54) is 17.3 Å². The van der Waals surface area contributed by atoms with Gasteiger partial charge in [-0.2, -0.15) is 0 Å². The summed E-state index contributed by atoms with van der Waals surface area (Å²) < 4.78 is 0. The van der Waals surface area contributed by atoms with Crippen LogP contribution in [0.15, 0.2) is 34.2 Å². The Morgan fingerprint density at radius 1 is 1.21 bits per heavy atom. The lowest BCUT2D eigenvalue weighted by Gasteiger charge is -2.06. The van der Waals surface area contributed by atoms with Crippen LogP contribution in [0.4, 0.5) is 0 Å². The molecule has 3 nitrogen and oxygen atoms in total. The Morgan fingerprint density at radius 3 is 2.37 bits per heavy atom. The first-order valence-corrected chi connectivity index (χ1v) is 7.58. The number of rotatable bonds is 4. The van der Waals surface area contributed by atoms with Gasteiger partial charge in [0.05, 0.1) is 0 Å². The van der Waals surface area contributed by atoms with E-state index in [9.17, 15) is 4.79 Å². The molecule has 0 spiro atoms. The Morgan fingerprint density at radius 2 is 1.84 bits per heavy atom. The second-order valence-corrected chi connectivity index (χ2v) is 5.28. The fourth-order valence-electron chi connectivity index (χ4n) is 1.99. The van der Waals surface area contributed by atoms with Gasteiger partial charge in [-0.25, -0.2) is 4.98 Å². The quantitative estimate of drug-likeness (QED) is 0.688. The summed E-state index contributed by atoms with van der Waals surface area (Å²) in [6.07, 6.45) is 3.57. The largest absolute Gasteiger partial charge is 0.301 e. The maximum absolute atomic E-state index is 12.0. The Labute approximate surface area is 117 Å². The van der Waals surface area contributed by atoms with Crippen LogP contribution in [0.25, 0.3) is 0 Å². The zero-order chi connectivity index (χ0) is 13.8. The van der Waals surface area contributed by atoms with Gasteiger partial charge >= 0.3 is 0 Å². The van der Waals surface area contributed by atoms with Crippen molar-refractivity contribution in [3.63, 3.8) is 0 Å². The number of hydrogen-bond donors (Lipinski definition) is 1. The third-order valence-corrected chi connectivity index (χ3v) is 3.79. The van der Waals surface area contributed by atoms with E-state index in [2.05, 4.69) is 41.2 Å². The average Bonchev–Trinajstić information content (AvgIpc) is 2.43. The maximum atomic E-state index is 12.0. The molecule has 19 heavy (non-hydrogen) atoms. The number of hydrogen-bond acceptors (Lipinski definition) is 3. The van der Waals surface area contributed by atoms with Crippen molar-refractivity contribution in [1.82, 2.24) is 9.97 Å². The van der Waals surface area contributed by atoms with E-state index in [1.807, 2.05) is 13.2 Å². The SMILES string of the molecule is CCc1ccc(Cc2c(C)nc(SC)[nH]c2=O)cc1. The highest BCUT2D eigenvalue weighted by Gasteiger charge is 2.08. The molecule has 1 aromatic heterocycles. The number of aromatic amines is 1. The molecular weight excluding hydrogens is 256 g/mol. The zero-order valence-electron chi connectivity index (χ0n) is 11.5. The van der Waals surface area contributed by atoms with Crippen molar-refractivity contribution in [3.05, 3.63) is 57.0 Å². The van der Waals surface area contributed by atoms with E-state index < -0.39 is 0 Å². The number of aryl methyl sites for hydroxylation is 2. The Balaban J connectivity index is 2.30. The first kappa shape index (κ1) is 13.9. The molecule has 0 radical (unpaired) electrons. The first-order valence-electron chi connectivity index (χ1n) is 6.35. The Hall–Kier alpha value is -1.55. The summed E-state index contributed by atoms with van der Waals surface area (Å²) >= 11 is 1.45. The van der Waals surface area contributed by atoms with E-state index in [0.717, 1.165) is 23.2 Å². The molecule has 0 amide bonds. The van der Waals surface area contributed by atoms with Crippen molar-refractivity contribution in [3.8, 4) is 0 Å². The van der Waals surface area contributed by atoms with Crippen LogP contribution in [0.3, 0.4) is 0 Å². The molecule has 0 aliphatic carbocycles. The molecule has 2 rings (SSSR count). The number of H-pyrrole nitrogens is 1. The van der Waals surface area contributed by atoms with Gasteiger partial charge in [0, 0.05) is 17.7 Å². The van der Waals surface area contributed by atoms with Gasteiger partial charge in [-0.05, 0) is 30.7 Å². The molecule has 0 aliphatic heterocycles. The predicted molar refractivity (Wildman–Crippen MR) is 80.0 cm³/mol. The molecule has 1 N–H and O–H groups in total. The van der Waals surface area contributed by atoms with E-state index in [4.69, 9.17) is 0 Å². The van der Waals surface area contributed by atoms with Gasteiger partial charge in [0.2, 0.25) is 0 Å². The second-order valence-electron chi connectivity index (χ2n) is 4.49. The van der Waals surface area contributed by atoms with E-state index in [0.29, 0.717) is 11.6 Å². The molecule has 0 aliphatic rings. The van der Waals surface area contributed by atoms with Crippen LogP contribution < -0.4 is 5.56 Å². The fraction of sp³-hybridized carbons (Fsp3) is 0.333. The first-order chi connectivity index (χ1) is 9.13. The van der Waals surface area contributed by atoms with Crippen LogP contribution in [-0.4, -0.2) is 16.2 Å². The van der Waals surface area contributed by atoms with Crippen LogP contribution in [0.1, 0.15) is 29.3 Å². The van der Waals surface area contributed by atoms with Gasteiger partial charge < -0.3 is 4.98 Å². The maximum Gasteiger partial charge on any atom is 0.255 e. The summed E-state index contributed by atoms with van der Waals surface area (Å²) in [7, 11) is 0. The minimum atomic E-state index is -0.0311. The Bertz CT molecular complexity index is 617. The van der Waals surface area contributed by atoms with Crippen molar-refractivity contribution in [2.75, 3.05) is 6.26 Å². The van der Waals surface area contributed by atoms with Gasteiger partial charge in [-0.1, -0.05) is 43.0 Å². The van der Waals surface area contributed by atoms with Crippen molar-refractivity contribution >= 4 is 11.8 Å². The van der Waals surface area contributed by atoms with Crippen LogP contribution in [0, 0.1) is 6.92 Å². The molecule has 0 atom stereocenters. The summed E-state index contributed by atoms with van der Waals surface area (Å²) in [5.41, 5.74) is 3.99. The molecule has 0 fully saturated rings. The summed E-state index contributed by atoms with van der Waals surface area (Å²) in [5.74, 6) is 0. The number of aromatic nitrogens is 2. The molecule has 0 unspecified atom stereocenters. The van der Waals surface area contributed by atoms with Crippen LogP contribution in [-0.2, 0) is 12.8 Å². The van der Waals surface area contributed by atoms with E-state index >= 15 is 0 Å². The summed E-state index contributed by atoms with van der Waals surface area (Å²) in [4.78, 5) is 19.2. The molecule has 100 valence electrons. The van der Waals surface area contributed by atoms with Crippen LogP contribution in [0.2, 0.25) is 0 Å². The van der Waals surface area contributed by atoms with Gasteiger partial charge in [0.1, 0.15) is 0 Å². The van der Waals surface area contributed by atoms with Gasteiger partial charge in [0.15, 0.2) is 5.16 Å². The predicted octanol–water partition coefficient (Wildman–Crippen LogP) is 2.95.